The summed E-state index contributed by atoms with van der Waals surface area (Å²) < 4.78 is 0. The molecule has 1 aliphatic rings. The quantitative estimate of drug-likeness (QED) is 0.643. The van der Waals surface area contributed by atoms with Crippen LogP contribution in [0.25, 0.3) is 6.08 Å². The monoisotopic (exact) mass is 257 g/mol. The van der Waals surface area contributed by atoms with Crippen LogP contribution in [0.2, 0.25) is 0 Å². The van der Waals surface area contributed by atoms with Gasteiger partial charge >= 0.3 is 0 Å². The number of guanidine groups is 1. The number of hydrogen-bond donors (Lipinski definition) is 1. The van der Waals surface area contributed by atoms with Crippen molar-refractivity contribution >= 4 is 12.0 Å². The zero-order valence-corrected chi connectivity index (χ0v) is 9.98. The lowest BCUT2D eigenvalue weighted by Gasteiger charge is -2.08. The highest BCUT2D eigenvalue weighted by atomic mass is 16.7. The average molecular weight is 257 g/mol. The average Bonchev–Trinajstić information content (AvgIpc) is 2.83. The summed E-state index contributed by atoms with van der Waals surface area (Å²) in [7, 11) is 0. The number of hydrogen-bond acceptors (Lipinski definition) is 3. The minimum Gasteiger partial charge on any atom is -0.349 e. The van der Waals surface area contributed by atoms with Gasteiger partial charge in [-0.3, -0.25) is 0 Å². The van der Waals surface area contributed by atoms with E-state index in [-0.39, 0.29) is 5.96 Å². The predicted octanol–water partition coefficient (Wildman–Crippen LogP) is 0.982. The fourth-order valence-electron chi connectivity index (χ4n) is 1.70. The lowest BCUT2D eigenvalue weighted by atomic mass is 10.1. The molecule has 0 saturated carbocycles. The largest absolute Gasteiger partial charge is 0.349 e. The molecular formula is C12H11N5O2. The van der Waals surface area contributed by atoms with Crippen LogP contribution < -0.4 is 5.32 Å². The standard InChI is InChI=1S/C12H11N5O2/c13-9-11-3-1-2-10(8-11)4-6-16-7-5-14-12(16)15-17(18)19/h1-4,6,8H,5,7H2,(H,14,15)/b6-4+. The SMILES string of the molecule is N#Cc1cccc(/C=C/N2CCN/C2=N\[N+](=O)[O-])c1. The Balaban J connectivity index is 2.14. The topological polar surface area (TPSA) is 94.6 Å². The van der Waals surface area contributed by atoms with Crippen molar-refractivity contribution in [3.8, 4) is 6.07 Å². The highest BCUT2D eigenvalue weighted by Crippen LogP contribution is 2.08. The second-order valence-electron chi connectivity index (χ2n) is 3.83. The van der Waals surface area contributed by atoms with Gasteiger partial charge in [0.1, 0.15) is 5.10 Å². The van der Waals surface area contributed by atoms with Crippen molar-refractivity contribution in [2.45, 2.75) is 0 Å². The van der Waals surface area contributed by atoms with Gasteiger partial charge in [0.15, 0.2) is 5.03 Å². The van der Waals surface area contributed by atoms with E-state index < -0.39 is 5.03 Å². The van der Waals surface area contributed by atoms with Crippen LogP contribution in [0.15, 0.2) is 35.6 Å². The third-order valence-corrected chi connectivity index (χ3v) is 2.55. The summed E-state index contributed by atoms with van der Waals surface area (Å²) >= 11 is 0. The molecule has 0 spiro atoms. The number of nitrogens with one attached hydrogen (secondary N) is 1. The fraction of sp³-hybridized carbons (Fsp3) is 0.167. The molecule has 0 bridgehead atoms. The van der Waals surface area contributed by atoms with Crippen LogP contribution in [0.1, 0.15) is 11.1 Å². The Hall–Kier alpha value is -2.88. The third kappa shape index (κ3) is 3.29. The summed E-state index contributed by atoms with van der Waals surface area (Å²) in [6.45, 7) is 1.22. The number of nitro groups is 1. The van der Waals surface area contributed by atoms with Crippen LogP contribution in [0, 0.1) is 21.4 Å². The maximum atomic E-state index is 10.3. The first kappa shape index (κ1) is 12.6. The predicted molar refractivity (Wildman–Crippen MR) is 69.3 cm³/mol. The Morgan fingerprint density at radius 3 is 3.16 bits per heavy atom. The van der Waals surface area contributed by atoms with E-state index in [0.717, 1.165) is 5.56 Å². The van der Waals surface area contributed by atoms with Crippen molar-refractivity contribution in [1.29, 1.82) is 5.26 Å². The van der Waals surface area contributed by atoms with Gasteiger partial charge in [0.2, 0.25) is 0 Å². The summed E-state index contributed by atoms with van der Waals surface area (Å²) in [6, 6.07) is 9.15. The zero-order valence-electron chi connectivity index (χ0n) is 9.98. The van der Waals surface area contributed by atoms with E-state index in [0.29, 0.717) is 18.7 Å². The molecule has 1 aliphatic heterocycles. The van der Waals surface area contributed by atoms with E-state index in [4.69, 9.17) is 5.26 Å². The maximum absolute atomic E-state index is 10.3. The number of benzene rings is 1. The number of hydrazone groups is 1. The van der Waals surface area contributed by atoms with Crippen LogP contribution in [0.5, 0.6) is 0 Å². The summed E-state index contributed by atoms with van der Waals surface area (Å²) in [6.07, 6.45) is 3.49. The van der Waals surface area contributed by atoms with Gasteiger partial charge in [-0.1, -0.05) is 12.1 Å². The van der Waals surface area contributed by atoms with Gasteiger partial charge in [-0.15, -0.1) is 0 Å². The second-order valence-corrected chi connectivity index (χ2v) is 3.83. The van der Waals surface area contributed by atoms with E-state index in [1.165, 1.54) is 0 Å². The zero-order chi connectivity index (χ0) is 13.7. The van der Waals surface area contributed by atoms with Crippen LogP contribution in [0.3, 0.4) is 0 Å². The molecule has 1 aromatic carbocycles. The van der Waals surface area contributed by atoms with Crippen LogP contribution in [0.4, 0.5) is 0 Å². The molecule has 0 unspecified atom stereocenters. The first-order chi connectivity index (χ1) is 9.19. The molecule has 1 saturated heterocycles. The first-order valence-corrected chi connectivity index (χ1v) is 5.61. The van der Waals surface area contributed by atoms with Crippen molar-refractivity contribution in [2.75, 3.05) is 13.1 Å². The summed E-state index contributed by atoms with van der Waals surface area (Å²) in [5.41, 5.74) is 1.42. The Morgan fingerprint density at radius 2 is 2.42 bits per heavy atom. The van der Waals surface area contributed by atoms with E-state index in [1.807, 2.05) is 6.07 Å². The van der Waals surface area contributed by atoms with Gasteiger partial charge in [0.25, 0.3) is 5.96 Å². The molecule has 0 radical (unpaired) electrons. The number of nitrogens with zero attached hydrogens (tertiary/aromatic N) is 4. The number of rotatable bonds is 3. The minimum atomic E-state index is -0.731. The van der Waals surface area contributed by atoms with Crippen LogP contribution >= 0.6 is 0 Å². The molecule has 19 heavy (non-hydrogen) atoms. The van der Waals surface area contributed by atoms with Crippen molar-refractivity contribution < 1.29 is 5.03 Å². The van der Waals surface area contributed by atoms with E-state index >= 15 is 0 Å². The lowest BCUT2D eigenvalue weighted by Crippen LogP contribution is -2.26. The van der Waals surface area contributed by atoms with Gasteiger partial charge in [0.05, 0.1) is 11.6 Å². The van der Waals surface area contributed by atoms with Crippen molar-refractivity contribution in [3.05, 3.63) is 51.7 Å². The summed E-state index contributed by atoms with van der Waals surface area (Å²) in [4.78, 5) is 12.0. The Bertz CT molecular complexity index is 588. The molecule has 1 heterocycles. The highest BCUT2D eigenvalue weighted by molar-refractivity contribution is 5.82. The van der Waals surface area contributed by atoms with Crippen LogP contribution in [-0.4, -0.2) is 29.0 Å². The van der Waals surface area contributed by atoms with Crippen LogP contribution in [-0.2, 0) is 0 Å². The van der Waals surface area contributed by atoms with E-state index in [1.54, 1.807) is 35.4 Å². The molecule has 0 aromatic heterocycles. The molecular weight excluding hydrogens is 246 g/mol. The maximum Gasteiger partial charge on any atom is 0.275 e. The smallest absolute Gasteiger partial charge is 0.275 e. The van der Waals surface area contributed by atoms with Gasteiger partial charge < -0.3 is 10.2 Å². The first-order valence-electron chi connectivity index (χ1n) is 5.61. The van der Waals surface area contributed by atoms with Gasteiger partial charge in [-0.25, -0.2) is 10.1 Å². The fourth-order valence-corrected chi connectivity index (χ4v) is 1.70. The molecule has 7 heteroatoms. The van der Waals surface area contributed by atoms with Gasteiger partial charge in [0, 0.05) is 19.3 Å². The van der Waals surface area contributed by atoms with Crippen molar-refractivity contribution in [3.63, 3.8) is 0 Å². The second kappa shape index (κ2) is 5.64. The molecule has 1 aromatic rings. The van der Waals surface area contributed by atoms with Crippen molar-refractivity contribution in [2.24, 2.45) is 5.10 Å². The van der Waals surface area contributed by atoms with E-state index in [9.17, 15) is 10.1 Å². The van der Waals surface area contributed by atoms with Gasteiger partial charge in [-0.05, 0) is 23.8 Å². The Morgan fingerprint density at radius 1 is 1.58 bits per heavy atom. The van der Waals surface area contributed by atoms with Gasteiger partial charge in [-0.2, -0.15) is 5.26 Å². The number of nitriles is 1. The molecule has 2 rings (SSSR count). The third-order valence-electron chi connectivity index (χ3n) is 2.55. The molecule has 7 nitrogen and oxygen atoms in total. The summed E-state index contributed by atoms with van der Waals surface area (Å²) in [5, 5.41) is 24.5. The van der Waals surface area contributed by atoms with Crippen molar-refractivity contribution in [1.82, 2.24) is 10.2 Å². The normalized spacial score (nSPS) is 16.6. The Labute approximate surface area is 109 Å². The molecule has 0 amide bonds. The highest BCUT2D eigenvalue weighted by Gasteiger charge is 2.18. The Kier molecular flexibility index (Phi) is 3.73. The van der Waals surface area contributed by atoms with E-state index in [2.05, 4.69) is 16.5 Å². The molecule has 0 aliphatic carbocycles. The molecule has 0 atom stereocenters. The molecule has 96 valence electrons. The molecule has 1 fully saturated rings. The lowest BCUT2D eigenvalue weighted by molar-refractivity contribution is -0.485. The summed E-state index contributed by atoms with van der Waals surface area (Å²) in [5.74, 6) is 0.220. The molecule has 1 N–H and O–H groups in total. The minimum absolute atomic E-state index is 0.220.